The molecule has 19 heavy (non-hydrogen) atoms. The van der Waals surface area contributed by atoms with Crippen molar-refractivity contribution >= 4 is 11.9 Å². The summed E-state index contributed by atoms with van der Waals surface area (Å²) in [7, 11) is 0. The summed E-state index contributed by atoms with van der Waals surface area (Å²) in [6.07, 6.45) is 3.38. The average Bonchev–Trinajstić information content (AvgIpc) is 2.33. The Morgan fingerprint density at radius 1 is 1.32 bits per heavy atom. The Morgan fingerprint density at radius 2 is 2.00 bits per heavy atom. The van der Waals surface area contributed by atoms with Crippen molar-refractivity contribution < 1.29 is 14.7 Å². The van der Waals surface area contributed by atoms with E-state index >= 15 is 0 Å². The van der Waals surface area contributed by atoms with Crippen molar-refractivity contribution in [3.05, 3.63) is 12.7 Å². The SMILES string of the molecule is C=CCNCC(=O)NCCC(CCC(=O)O)C(C)C. The third kappa shape index (κ3) is 10.3. The van der Waals surface area contributed by atoms with Crippen LogP contribution in [-0.4, -0.2) is 36.6 Å². The molecule has 0 aliphatic rings. The van der Waals surface area contributed by atoms with Gasteiger partial charge in [-0.05, 0) is 24.7 Å². The number of carboxylic acid groups (broad SMARTS) is 1. The summed E-state index contributed by atoms with van der Waals surface area (Å²) in [5, 5.41) is 14.5. The lowest BCUT2D eigenvalue weighted by Gasteiger charge is -2.20. The fourth-order valence-electron chi connectivity index (χ4n) is 1.87. The van der Waals surface area contributed by atoms with E-state index in [2.05, 4.69) is 31.1 Å². The van der Waals surface area contributed by atoms with Crippen LogP contribution >= 0.6 is 0 Å². The molecule has 0 fully saturated rings. The van der Waals surface area contributed by atoms with E-state index in [1.807, 2.05) is 0 Å². The Labute approximate surface area is 115 Å². The Morgan fingerprint density at radius 3 is 2.53 bits per heavy atom. The van der Waals surface area contributed by atoms with E-state index in [9.17, 15) is 9.59 Å². The van der Waals surface area contributed by atoms with Gasteiger partial charge in [0.1, 0.15) is 0 Å². The first-order chi connectivity index (χ1) is 8.97. The molecule has 0 aromatic heterocycles. The van der Waals surface area contributed by atoms with E-state index in [0.717, 1.165) is 6.42 Å². The molecule has 0 rings (SSSR count). The highest BCUT2D eigenvalue weighted by Crippen LogP contribution is 2.20. The van der Waals surface area contributed by atoms with Crippen molar-refractivity contribution in [3.8, 4) is 0 Å². The predicted octanol–water partition coefficient (Wildman–Crippen LogP) is 1.41. The Balaban J connectivity index is 3.82. The summed E-state index contributed by atoms with van der Waals surface area (Å²) in [6.45, 7) is 9.21. The van der Waals surface area contributed by atoms with Crippen LogP contribution in [0.5, 0.6) is 0 Å². The van der Waals surface area contributed by atoms with Crippen LogP contribution in [0.15, 0.2) is 12.7 Å². The highest BCUT2D eigenvalue weighted by molar-refractivity contribution is 5.77. The van der Waals surface area contributed by atoms with Gasteiger partial charge < -0.3 is 15.7 Å². The summed E-state index contributed by atoms with van der Waals surface area (Å²) < 4.78 is 0. The molecule has 0 saturated heterocycles. The first-order valence-electron chi connectivity index (χ1n) is 6.77. The summed E-state index contributed by atoms with van der Waals surface area (Å²) in [6, 6.07) is 0. The van der Waals surface area contributed by atoms with Gasteiger partial charge in [0.15, 0.2) is 0 Å². The number of hydrogen-bond donors (Lipinski definition) is 3. The summed E-state index contributed by atoms with van der Waals surface area (Å²) in [5.74, 6) is -0.0430. The second-order valence-corrected chi connectivity index (χ2v) is 4.99. The lowest BCUT2D eigenvalue weighted by Crippen LogP contribution is -2.35. The lowest BCUT2D eigenvalue weighted by atomic mass is 9.88. The number of carbonyl (C=O) groups is 2. The maximum Gasteiger partial charge on any atom is 0.303 e. The number of carbonyl (C=O) groups excluding carboxylic acids is 1. The Hall–Kier alpha value is -1.36. The van der Waals surface area contributed by atoms with Crippen LogP contribution in [0, 0.1) is 11.8 Å². The van der Waals surface area contributed by atoms with Gasteiger partial charge in [0.05, 0.1) is 6.54 Å². The highest BCUT2D eigenvalue weighted by Gasteiger charge is 2.15. The fourth-order valence-corrected chi connectivity index (χ4v) is 1.87. The Bertz CT molecular complexity index is 290. The molecule has 1 atom stereocenters. The molecule has 1 unspecified atom stereocenters. The van der Waals surface area contributed by atoms with Crippen molar-refractivity contribution in [2.24, 2.45) is 11.8 Å². The van der Waals surface area contributed by atoms with Crippen LogP contribution in [0.2, 0.25) is 0 Å². The number of nitrogens with one attached hydrogen (secondary N) is 2. The second-order valence-electron chi connectivity index (χ2n) is 4.99. The summed E-state index contributed by atoms with van der Waals surface area (Å²) in [4.78, 5) is 22.0. The molecule has 0 saturated carbocycles. The van der Waals surface area contributed by atoms with Gasteiger partial charge in [0.25, 0.3) is 0 Å². The molecule has 0 aliphatic carbocycles. The standard InChI is InChI=1S/C14H26N2O3/c1-4-8-15-10-13(17)16-9-7-12(11(2)3)5-6-14(18)19/h4,11-12,15H,1,5-10H2,2-3H3,(H,16,17)(H,18,19). The minimum absolute atomic E-state index is 0.0393. The molecule has 110 valence electrons. The van der Waals surface area contributed by atoms with Crippen LogP contribution in [0.25, 0.3) is 0 Å². The van der Waals surface area contributed by atoms with Crippen LogP contribution in [0.4, 0.5) is 0 Å². The number of amides is 1. The van der Waals surface area contributed by atoms with E-state index in [0.29, 0.717) is 31.3 Å². The van der Waals surface area contributed by atoms with E-state index in [-0.39, 0.29) is 18.9 Å². The molecule has 1 amide bonds. The lowest BCUT2D eigenvalue weighted by molar-refractivity contribution is -0.137. The normalized spacial score (nSPS) is 12.2. The molecule has 3 N–H and O–H groups in total. The molecule has 0 aromatic carbocycles. The van der Waals surface area contributed by atoms with Crippen molar-refractivity contribution in [2.45, 2.75) is 33.1 Å². The first kappa shape index (κ1) is 17.6. The molecule has 0 heterocycles. The smallest absolute Gasteiger partial charge is 0.303 e. The first-order valence-corrected chi connectivity index (χ1v) is 6.77. The summed E-state index contributed by atoms with van der Waals surface area (Å²) in [5.41, 5.74) is 0. The monoisotopic (exact) mass is 270 g/mol. The highest BCUT2D eigenvalue weighted by atomic mass is 16.4. The van der Waals surface area contributed by atoms with E-state index in [1.54, 1.807) is 6.08 Å². The molecular weight excluding hydrogens is 244 g/mol. The van der Waals surface area contributed by atoms with Gasteiger partial charge in [-0.25, -0.2) is 0 Å². The second kappa shape index (κ2) is 10.6. The van der Waals surface area contributed by atoms with Gasteiger partial charge in [0, 0.05) is 19.5 Å². The van der Waals surface area contributed by atoms with E-state index in [4.69, 9.17) is 5.11 Å². The van der Waals surface area contributed by atoms with Crippen LogP contribution in [0.3, 0.4) is 0 Å². The van der Waals surface area contributed by atoms with Gasteiger partial charge in [-0.2, -0.15) is 0 Å². The maximum atomic E-state index is 11.4. The molecule has 0 aromatic rings. The topological polar surface area (TPSA) is 78.4 Å². The van der Waals surface area contributed by atoms with Crippen LogP contribution < -0.4 is 10.6 Å². The molecule has 0 radical (unpaired) electrons. The van der Waals surface area contributed by atoms with E-state index < -0.39 is 5.97 Å². The van der Waals surface area contributed by atoms with Crippen LogP contribution in [-0.2, 0) is 9.59 Å². The van der Waals surface area contributed by atoms with Crippen molar-refractivity contribution in [1.82, 2.24) is 10.6 Å². The zero-order valence-electron chi connectivity index (χ0n) is 11.9. The molecular formula is C14H26N2O3. The third-order valence-electron chi connectivity index (χ3n) is 3.08. The minimum atomic E-state index is -0.761. The van der Waals surface area contributed by atoms with Crippen LogP contribution in [0.1, 0.15) is 33.1 Å². The van der Waals surface area contributed by atoms with E-state index in [1.165, 1.54) is 0 Å². The number of aliphatic carboxylic acids is 1. The predicted molar refractivity (Wildman–Crippen MR) is 75.9 cm³/mol. The molecule has 0 bridgehead atoms. The van der Waals surface area contributed by atoms with Crippen molar-refractivity contribution in [1.29, 1.82) is 0 Å². The molecule has 0 aliphatic heterocycles. The molecule has 5 heteroatoms. The largest absolute Gasteiger partial charge is 0.481 e. The number of carboxylic acids is 1. The van der Waals surface area contributed by atoms with Crippen molar-refractivity contribution in [2.75, 3.05) is 19.6 Å². The molecule has 0 spiro atoms. The average molecular weight is 270 g/mol. The van der Waals surface area contributed by atoms with Gasteiger partial charge in [0.2, 0.25) is 5.91 Å². The zero-order valence-corrected chi connectivity index (χ0v) is 11.9. The van der Waals surface area contributed by atoms with Gasteiger partial charge in [-0.1, -0.05) is 19.9 Å². The quantitative estimate of drug-likeness (QED) is 0.392. The third-order valence-corrected chi connectivity index (χ3v) is 3.08. The minimum Gasteiger partial charge on any atom is -0.481 e. The number of rotatable bonds is 11. The molecule has 5 nitrogen and oxygen atoms in total. The zero-order chi connectivity index (χ0) is 14.7. The summed E-state index contributed by atoms with van der Waals surface area (Å²) >= 11 is 0. The number of hydrogen-bond acceptors (Lipinski definition) is 3. The van der Waals surface area contributed by atoms with Gasteiger partial charge >= 0.3 is 5.97 Å². The fraction of sp³-hybridized carbons (Fsp3) is 0.714. The maximum absolute atomic E-state index is 11.4. The van der Waals surface area contributed by atoms with Crippen molar-refractivity contribution in [3.63, 3.8) is 0 Å². The Kier molecular flexibility index (Phi) is 9.80. The van der Waals surface area contributed by atoms with Gasteiger partial charge in [-0.3, -0.25) is 9.59 Å². The van der Waals surface area contributed by atoms with Gasteiger partial charge in [-0.15, -0.1) is 6.58 Å².